The van der Waals surface area contributed by atoms with Crippen molar-refractivity contribution < 1.29 is 0 Å². The van der Waals surface area contributed by atoms with Crippen molar-refractivity contribution in [2.45, 2.75) is 38.1 Å². The van der Waals surface area contributed by atoms with Crippen molar-refractivity contribution in [3.05, 3.63) is 41.3 Å². The molecule has 1 aliphatic rings. The molecule has 0 bridgehead atoms. The predicted molar refractivity (Wildman–Crippen MR) is 94.3 cm³/mol. The highest BCUT2D eigenvalue weighted by Crippen LogP contribution is 2.27. The number of hydrogen-bond donors (Lipinski definition) is 0. The van der Waals surface area contributed by atoms with Gasteiger partial charge in [0.15, 0.2) is 0 Å². The van der Waals surface area contributed by atoms with Crippen LogP contribution in [0.2, 0.25) is 0 Å². The van der Waals surface area contributed by atoms with E-state index in [2.05, 4.69) is 29.2 Å². The molecule has 0 radical (unpaired) electrons. The van der Waals surface area contributed by atoms with Gasteiger partial charge in [0, 0.05) is 24.2 Å². The zero-order chi connectivity index (χ0) is 15.6. The van der Waals surface area contributed by atoms with Crippen LogP contribution in [0.1, 0.15) is 32.1 Å². The van der Waals surface area contributed by atoms with Crippen molar-refractivity contribution in [1.82, 2.24) is 14.8 Å². The average Bonchev–Trinajstić information content (AvgIpc) is 2.96. The molecule has 0 aliphatic heterocycles. The maximum Gasteiger partial charge on any atom is 0.203 e. The van der Waals surface area contributed by atoms with Crippen LogP contribution in [0.4, 0.5) is 0 Å². The quantitative estimate of drug-likeness (QED) is 0.717. The van der Waals surface area contributed by atoms with E-state index in [9.17, 15) is 0 Å². The number of pyridine rings is 1. The van der Waals surface area contributed by atoms with E-state index < -0.39 is 0 Å². The summed E-state index contributed by atoms with van der Waals surface area (Å²) in [6.45, 7) is 0. The van der Waals surface area contributed by atoms with Crippen molar-refractivity contribution in [2.75, 3.05) is 0 Å². The Balaban J connectivity index is 1.78. The SMILES string of the molecule is Cn1nc(-c2cccc3cccnc23)s/c1=N\C1CCCCC1. The lowest BCUT2D eigenvalue weighted by atomic mass is 9.96. The van der Waals surface area contributed by atoms with Gasteiger partial charge in [0.25, 0.3) is 0 Å². The fourth-order valence-electron chi connectivity index (χ4n) is 3.21. The maximum atomic E-state index is 4.94. The lowest BCUT2D eigenvalue weighted by Crippen LogP contribution is -2.18. The van der Waals surface area contributed by atoms with Gasteiger partial charge in [-0.15, -0.1) is 0 Å². The summed E-state index contributed by atoms with van der Waals surface area (Å²) in [6.07, 6.45) is 8.22. The molecule has 5 heteroatoms. The Labute approximate surface area is 139 Å². The normalized spacial score (nSPS) is 17.0. The minimum Gasteiger partial charge on any atom is -0.256 e. The molecular formula is C18H20N4S. The van der Waals surface area contributed by atoms with Gasteiger partial charge in [-0.3, -0.25) is 9.98 Å². The van der Waals surface area contributed by atoms with Gasteiger partial charge in [-0.2, -0.15) is 5.10 Å². The van der Waals surface area contributed by atoms with Crippen LogP contribution in [0.15, 0.2) is 41.5 Å². The topological polar surface area (TPSA) is 43.1 Å². The van der Waals surface area contributed by atoms with E-state index in [4.69, 9.17) is 10.1 Å². The number of nitrogens with zero attached hydrogens (tertiary/aromatic N) is 4. The Kier molecular flexibility index (Phi) is 3.95. The predicted octanol–water partition coefficient (Wildman–Crippen LogP) is 3.93. The number of benzene rings is 1. The van der Waals surface area contributed by atoms with Gasteiger partial charge in [0.2, 0.25) is 4.80 Å². The third kappa shape index (κ3) is 2.93. The Morgan fingerprint density at radius 1 is 1.13 bits per heavy atom. The van der Waals surface area contributed by atoms with Crippen LogP contribution in [0.5, 0.6) is 0 Å². The highest BCUT2D eigenvalue weighted by molar-refractivity contribution is 7.12. The van der Waals surface area contributed by atoms with Crippen LogP contribution in [0.25, 0.3) is 21.5 Å². The van der Waals surface area contributed by atoms with Crippen molar-refractivity contribution in [3.63, 3.8) is 0 Å². The summed E-state index contributed by atoms with van der Waals surface area (Å²) in [7, 11) is 1.99. The smallest absolute Gasteiger partial charge is 0.203 e. The molecule has 1 saturated carbocycles. The van der Waals surface area contributed by atoms with E-state index in [0.29, 0.717) is 6.04 Å². The summed E-state index contributed by atoms with van der Waals surface area (Å²) >= 11 is 1.67. The van der Waals surface area contributed by atoms with Crippen molar-refractivity contribution in [1.29, 1.82) is 0 Å². The molecule has 0 spiro atoms. The standard InChI is InChI=1S/C18H20N4S/c1-22-18(20-14-9-3-2-4-10-14)23-17(21-22)15-11-5-7-13-8-6-12-19-16(13)15/h5-8,11-12,14H,2-4,9-10H2,1H3/b20-18-. The molecular weight excluding hydrogens is 304 g/mol. The molecule has 0 saturated heterocycles. The van der Waals surface area contributed by atoms with Gasteiger partial charge in [0.1, 0.15) is 5.01 Å². The summed E-state index contributed by atoms with van der Waals surface area (Å²) in [5.41, 5.74) is 2.10. The number of aromatic nitrogens is 3. The van der Waals surface area contributed by atoms with Crippen molar-refractivity contribution in [2.24, 2.45) is 12.0 Å². The number of aryl methyl sites for hydroxylation is 1. The third-order valence-electron chi connectivity index (χ3n) is 4.44. The molecule has 118 valence electrons. The molecule has 2 heterocycles. The summed E-state index contributed by atoms with van der Waals surface area (Å²) in [6, 6.07) is 10.8. The van der Waals surface area contributed by atoms with E-state index in [1.165, 1.54) is 32.1 Å². The minimum atomic E-state index is 0.467. The fourth-order valence-corrected chi connectivity index (χ4v) is 4.20. The molecule has 4 rings (SSSR count). The zero-order valence-corrected chi connectivity index (χ0v) is 14.1. The minimum absolute atomic E-state index is 0.467. The van der Waals surface area contributed by atoms with E-state index in [1.54, 1.807) is 11.3 Å². The van der Waals surface area contributed by atoms with Gasteiger partial charge in [-0.1, -0.05) is 48.8 Å². The Bertz CT molecular complexity index is 882. The van der Waals surface area contributed by atoms with Crippen LogP contribution in [-0.2, 0) is 7.05 Å². The van der Waals surface area contributed by atoms with E-state index in [-0.39, 0.29) is 0 Å². The second-order valence-corrected chi connectivity index (χ2v) is 7.07. The zero-order valence-electron chi connectivity index (χ0n) is 13.3. The molecule has 2 aromatic heterocycles. The molecule has 0 unspecified atom stereocenters. The summed E-state index contributed by atoms with van der Waals surface area (Å²) in [4.78, 5) is 10.5. The molecule has 1 aromatic carbocycles. The van der Waals surface area contributed by atoms with Gasteiger partial charge in [-0.05, 0) is 25.0 Å². The summed E-state index contributed by atoms with van der Waals surface area (Å²) in [5, 5.41) is 6.84. The van der Waals surface area contributed by atoms with Crippen LogP contribution < -0.4 is 4.80 Å². The highest BCUT2D eigenvalue weighted by atomic mass is 32.1. The second-order valence-electron chi connectivity index (χ2n) is 6.12. The number of rotatable bonds is 2. The first-order valence-corrected chi connectivity index (χ1v) is 9.05. The number of fused-ring (bicyclic) bond motifs is 1. The average molecular weight is 324 g/mol. The van der Waals surface area contributed by atoms with Crippen LogP contribution in [-0.4, -0.2) is 20.8 Å². The maximum absolute atomic E-state index is 4.94. The molecule has 4 nitrogen and oxygen atoms in total. The number of hydrogen-bond acceptors (Lipinski definition) is 4. The van der Waals surface area contributed by atoms with Crippen molar-refractivity contribution in [3.8, 4) is 10.6 Å². The summed E-state index contributed by atoms with van der Waals surface area (Å²) < 4.78 is 1.91. The number of para-hydroxylation sites is 1. The third-order valence-corrected chi connectivity index (χ3v) is 5.48. The van der Waals surface area contributed by atoms with Crippen LogP contribution >= 0.6 is 11.3 Å². The van der Waals surface area contributed by atoms with E-state index in [1.807, 2.05) is 24.0 Å². The molecule has 23 heavy (non-hydrogen) atoms. The lowest BCUT2D eigenvalue weighted by molar-refractivity contribution is 0.434. The Hall–Kier alpha value is -2.01. The van der Waals surface area contributed by atoms with Gasteiger partial charge in [0.05, 0.1) is 11.6 Å². The largest absolute Gasteiger partial charge is 0.256 e. The van der Waals surface area contributed by atoms with Gasteiger partial charge < -0.3 is 0 Å². The van der Waals surface area contributed by atoms with E-state index >= 15 is 0 Å². The highest BCUT2D eigenvalue weighted by Gasteiger charge is 2.14. The molecule has 3 aromatic rings. The summed E-state index contributed by atoms with van der Waals surface area (Å²) in [5.74, 6) is 0. The van der Waals surface area contributed by atoms with Gasteiger partial charge in [-0.25, -0.2) is 4.68 Å². The first kappa shape index (κ1) is 14.6. The Morgan fingerprint density at radius 3 is 2.83 bits per heavy atom. The molecule has 1 fully saturated rings. The molecule has 0 amide bonds. The van der Waals surface area contributed by atoms with E-state index in [0.717, 1.165) is 26.3 Å². The monoisotopic (exact) mass is 324 g/mol. The van der Waals surface area contributed by atoms with Crippen molar-refractivity contribution >= 4 is 22.2 Å². The van der Waals surface area contributed by atoms with Crippen LogP contribution in [0, 0.1) is 0 Å². The van der Waals surface area contributed by atoms with Crippen LogP contribution in [0.3, 0.4) is 0 Å². The Morgan fingerprint density at radius 2 is 1.96 bits per heavy atom. The second kappa shape index (κ2) is 6.24. The van der Waals surface area contributed by atoms with Gasteiger partial charge >= 0.3 is 0 Å². The first-order chi connectivity index (χ1) is 11.3. The lowest BCUT2D eigenvalue weighted by Gasteiger charge is -2.16. The first-order valence-electron chi connectivity index (χ1n) is 8.23. The molecule has 0 atom stereocenters. The fraction of sp³-hybridized carbons (Fsp3) is 0.389. The molecule has 1 aliphatic carbocycles. The molecule has 0 N–H and O–H groups in total.